The molecule has 3 aromatic carbocycles. The molecule has 39 heavy (non-hydrogen) atoms. The van der Waals surface area contributed by atoms with E-state index in [4.69, 9.17) is 4.74 Å². The van der Waals surface area contributed by atoms with Crippen molar-refractivity contribution in [2.24, 2.45) is 0 Å². The SMILES string of the molecule is CCOC(=O)c1cc(-c2ccc(N3C(c4ccsc4)=Cc4ccccc4C3CC(C)=O)cc2)cc([N+](=O)[O-])c1. The van der Waals surface area contributed by atoms with Gasteiger partial charge in [0.15, 0.2) is 0 Å². The number of hydrogen-bond donors (Lipinski definition) is 0. The maximum absolute atomic E-state index is 12.4. The van der Waals surface area contributed by atoms with Crippen molar-refractivity contribution in [1.82, 2.24) is 0 Å². The number of rotatable bonds is 8. The molecule has 1 aliphatic heterocycles. The summed E-state index contributed by atoms with van der Waals surface area (Å²) in [4.78, 5) is 38.0. The highest BCUT2D eigenvalue weighted by Gasteiger charge is 2.31. The van der Waals surface area contributed by atoms with Gasteiger partial charge in [-0.25, -0.2) is 4.79 Å². The van der Waals surface area contributed by atoms with Crippen molar-refractivity contribution < 1.29 is 19.2 Å². The summed E-state index contributed by atoms with van der Waals surface area (Å²) in [5.41, 5.74) is 6.30. The van der Waals surface area contributed by atoms with Gasteiger partial charge in [-0.1, -0.05) is 36.4 Å². The van der Waals surface area contributed by atoms with Gasteiger partial charge in [0.25, 0.3) is 5.69 Å². The largest absolute Gasteiger partial charge is 0.462 e. The molecule has 2 heterocycles. The van der Waals surface area contributed by atoms with Crippen molar-refractivity contribution in [2.75, 3.05) is 11.5 Å². The van der Waals surface area contributed by atoms with Crippen molar-refractivity contribution in [3.05, 3.63) is 116 Å². The third-order valence-electron chi connectivity index (χ3n) is 6.63. The second-order valence-electron chi connectivity index (χ2n) is 9.26. The standard InChI is InChI=1S/C31H26N2O5S/c1-3-38-31(35)25-15-24(16-27(17-25)33(36)37)21-8-10-26(11-9-21)32-29(23-12-13-39-19-23)18-22-6-4-5-7-28(22)30(32)14-20(2)34/h4-13,15-19,30H,3,14H2,1-2H3. The van der Waals surface area contributed by atoms with Gasteiger partial charge >= 0.3 is 5.97 Å². The zero-order valence-electron chi connectivity index (χ0n) is 21.5. The summed E-state index contributed by atoms with van der Waals surface area (Å²) in [5, 5.41) is 15.7. The lowest BCUT2D eigenvalue weighted by Gasteiger charge is -2.39. The highest BCUT2D eigenvalue weighted by atomic mass is 32.1. The molecule has 1 unspecified atom stereocenters. The monoisotopic (exact) mass is 538 g/mol. The van der Waals surface area contributed by atoms with Gasteiger partial charge in [0.05, 0.1) is 28.8 Å². The van der Waals surface area contributed by atoms with E-state index in [0.717, 1.165) is 33.6 Å². The third kappa shape index (κ3) is 5.37. The number of nitro groups is 1. The lowest BCUT2D eigenvalue weighted by Crippen LogP contribution is -2.31. The molecular formula is C31H26N2O5S. The van der Waals surface area contributed by atoms with Crippen LogP contribution >= 0.6 is 11.3 Å². The molecule has 0 saturated heterocycles. The minimum Gasteiger partial charge on any atom is -0.462 e. The van der Waals surface area contributed by atoms with Crippen LogP contribution in [0.1, 0.15) is 53.4 Å². The van der Waals surface area contributed by atoms with E-state index < -0.39 is 10.9 Å². The fourth-order valence-electron chi connectivity index (χ4n) is 4.92. The summed E-state index contributed by atoms with van der Waals surface area (Å²) in [5.74, 6) is -0.519. The average molecular weight is 539 g/mol. The predicted molar refractivity (Wildman–Crippen MR) is 154 cm³/mol. The first-order valence-electron chi connectivity index (χ1n) is 12.5. The Bertz CT molecular complexity index is 1580. The van der Waals surface area contributed by atoms with Crippen LogP contribution in [-0.4, -0.2) is 23.3 Å². The lowest BCUT2D eigenvalue weighted by molar-refractivity contribution is -0.384. The number of nitrogens with zero attached hydrogens (tertiary/aromatic N) is 2. The van der Waals surface area contributed by atoms with Crippen LogP contribution in [0.4, 0.5) is 11.4 Å². The molecule has 1 aromatic heterocycles. The molecule has 7 nitrogen and oxygen atoms in total. The summed E-state index contributed by atoms with van der Waals surface area (Å²) in [7, 11) is 0. The molecule has 1 atom stereocenters. The molecule has 0 aliphatic carbocycles. The molecule has 5 rings (SSSR count). The molecule has 0 N–H and O–H groups in total. The number of thiophene rings is 1. The fourth-order valence-corrected chi connectivity index (χ4v) is 5.57. The Morgan fingerprint density at radius 2 is 1.77 bits per heavy atom. The van der Waals surface area contributed by atoms with Gasteiger partial charge in [-0.3, -0.25) is 14.9 Å². The third-order valence-corrected chi connectivity index (χ3v) is 7.32. The molecule has 0 saturated carbocycles. The normalized spacial score (nSPS) is 14.4. The number of hydrogen-bond acceptors (Lipinski definition) is 7. The predicted octanol–water partition coefficient (Wildman–Crippen LogP) is 7.54. The van der Waals surface area contributed by atoms with Gasteiger partial charge in [-0.05, 0) is 71.8 Å². The molecule has 0 amide bonds. The number of nitro benzene ring substituents is 1. The van der Waals surface area contributed by atoms with E-state index in [2.05, 4.69) is 34.6 Å². The molecular weight excluding hydrogens is 512 g/mol. The van der Waals surface area contributed by atoms with E-state index in [9.17, 15) is 19.7 Å². The van der Waals surface area contributed by atoms with Crippen LogP contribution in [0, 0.1) is 10.1 Å². The zero-order valence-corrected chi connectivity index (χ0v) is 22.3. The first kappa shape index (κ1) is 26.1. The number of esters is 1. The molecule has 8 heteroatoms. The van der Waals surface area contributed by atoms with Crippen LogP contribution in [0.2, 0.25) is 0 Å². The van der Waals surface area contributed by atoms with Crippen LogP contribution < -0.4 is 4.90 Å². The van der Waals surface area contributed by atoms with Gasteiger partial charge in [0.1, 0.15) is 5.78 Å². The Kier molecular flexibility index (Phi) is 7.38. The summed E-state index contributed by atoms with van der Waals surface area (Å²) in [6.07, 6.45) is 2.49. The molecule has 196 valence electrons. The van der Waals surface area contributed by atoms with Crippen molar-refractivity contribution in [2.45, 2.75) is 26.3 Å². The van der Waals surface area contributed by atoms with E-state index in [1.807, 2.05) is 41.8 Å². The Balaban J connectivity index is 1.59. The van der Waals surface area contributed by atoms with Gasteiger partial charge < -0.3 is 9.64 Å². The van der Waals surface area contributed by atoms with Crippen LogP contribution in [0.3, 0.4) is 0 Å². The zero-order chi connectivity index (χ0) is 27.5. The quantitative estimate of drug-likeness (QED) is 0.131. The van der Waals surface area contributed by atoms with Crippen molar-refractivity contribution in [3.63, 3.8) is 0 Å². The highest BCUT2D eigenvalue weighted by molar-refractivity contribution is 7.08. The van der Waals surface area contributed by atoms with Gasteiger partial charge in [0, 0.05) is 35.2 Å². The van der Waals surface area contributed by atoms with Gasteiger partial charge in [-0.15, -0.1) is 0 Å². The topological polar surface area (TPSA) is 89.8 Å². The van der Waals surface area contributed by atoms with E-state index in [-0.39, 0.29) is 29.7 Å². The Hall–Kier alpha value is -4.56. The lowest BCUT2D eigenvalue weighted by atomic mass is 9.89. The molecule has 1 aliphatic rings. The number of non-ortho nitro benzene ring substituents is 1. The summed E-state index contributed by atoms with van der Waals surface area (Å²) >= 11 is 1.61. The second kappa shape index (κ2) is 11.0. The number of carbonyl (C=O) groups is 2. The Morgan fingerprint density at radius 1 is 1.00 bits per heavy atom. The first-order valence-corrected chi connectivity index (χ1v) is 13.5. The molecule has 0 bridgehead atoms. The number of Topliss-reactive ketones (excluding diaryl/α,β-unsaturated/α-hetero) is 1. The minimum atomic E-state index is -0.608. The smallest absolute Gasteiger partial charge is 0.338 e. The number of anilines is 1. The summed E-state index contributed by atoms with van der Waals surface area (Å²) < 4.78 is 5.07. The molecule has 0 fully saturated rings. The maximum atomic E-state index is 12.4. The molecule has 0 spiro atoms. The minimum absolute atomic E-state index is 0.0890. The Morgan fingerprint density at radius 3 is 2.44 bits per heavy atom. The maximum Gasteiger partial charge on any atom is 0.338 e. The fraction of sp³-hybridized carbons (Fsp3) is 0.161. The number of ketones is 1. The summed E-state index contributed by atoms with van der Waals surface area (Å²) in [6.45, 7) is 3.47. The number of fused-ring (bicyclic) bond motifs is 1. The number of benzene rings is 3. The van der Waals surface area contributed by atoms with Gasteiger partial charge in [-0.2, -0.15) is 11.3 Å². The van der Waals surface area contributed by atoms with Crippen LogP contribution in [-0.2, 0) is 9.53 Å². The van der Waals surface area contributed by atoms with E-state index in [0.29, 0.717) is 12.0 Å². The van der Waals surface area contributed by atoms with Crippen LogP contribution in [0.5, 0.6) is 0 Å². The number of ether oxygens (including phenoxy) is 1. The van der Waals surface area contributed by atoms with Gasteiger partial charge in [0.2, 0.25) is 0 Å². The van der Waals surface area contributed by atoms with Crippen molar-refractivity contribution >= 4 is 46.2 Å². The first-order chi connectivity index (χ1) is 18.9. The van der Waals surface area contributed by atoms with Crippen molar-refractivity contribution in [3.8, 4) is 11.1 Å². The highest BCUT2D eigenvalue weighted by Crippen LogP contribution is 2.44. The van der Waals surface area contributed by atoms with E-state index in [1.54, 1.807) is 31.3 Å². The van der Waals surface area contributed by atoms with Crippen molar-refractivity contribution in [1.29, 1.82) is 0 Å². The Labute approximate surface area is 230 Å². The van der Waals surface area contributed by atoms with E-state index in [1.165, 1.54) is 12.1 Å². The van der Waals surface area contributed by atoms with Crippen LogP contribution in [0.15, 0.2) is 83.6 Å². The number of carbonyl (C=O) groups excluding carboxylic acids is 2. The van der Waals surface area contributed by atoms with E-state index >= 15 is 0 Å². The molecule has 0 radical (unpaired) electrons. The average Bonchev–Trinajstić information content (AvgIpc) is 3.48. The summed E-state index contributed by atoms with van der Waals surface area (Å²) in [6, 6.07) is 21.9. The molecule has 4 aromatic rings. The second-order valence-corrected chi connectivity index (χ2v) is 10.0. The van der Waals surface area contributed by atoms with Crippen LogP contribution in [0.25, 0.3) is 22.9 Å².